The van der Waals surface area contributed by atoms with Gasteiger partial charge in [0.25, 0.3) is 0 Å². The first-order valence-corrected chi connectivity index (χ1v) is 5.40. The molecule has 0 amide bonds. The molecule has 0 fully saturated rings. The molecule has 1 aliphatic rings. The van der Waals surface area contributed by atoms with Crippen LogP contribution >= 0.6 is 0 Å². The molecular weight excluding hydrogens is 214 g/mol. The zero-order valence-corrected chi connectivity index (χ0v) is 9.46. The normalized spacial score (nSPS) is 27.9. The van der Waals surface area contributed by atoms with Gasteiger partial charge in [0, 0.05) is 11.5 Å². The molecule has 1 aromatic rings. The number of aliphatic hydroxyl groups is 2. The number of allylic oxidation sites excluding steroid dienone is 2. The summed E-state index contributed by atoms with van der Waals surface area (Å²) in [4.78, 5) is 0. The van der Waals surface area contributed by atoms with Crippen LogP contribution < -0.4 is 0 Å². The molecule has 0 bridgehead atoms. The minimum Gasteiger partial charge on any atom is -0.507 e. The summed E-state index contributed by atoms with van der Waals surface area (Å²) in [7, 11) is 0. The molecule has 0 spiro atoms. The Labute approximate surface area is 99.9 Å². The van der Waals surface area contributed by atoms with E-state index in [1.165, 1.54) is 0 Å². The Hall–Kier alpha value is -2.05. The standard InChI is InChI=1S/C14H13NO2/c1-10-7-8-12(11-5-3-2-4-6-11)13(16)14(10,17)9-15/h2-8,10,16-17H,1H3/t10-,14+/m1/s1. The van der Waals surface area contributed by atoms with E-state index in [4.69, 9.17) is 5.26 Å². The van der Waals surface area contributed by atoms with Gasteiger partial charge in [0.1, 0.15) is 11.8 Å². The van der Waals surface area contributed by atoms with Gasteiger partial charge in [-0.15, -0.1) is 0 Å². The number of rotatable bonds is 1. The second kappa shape index (κ2) is 4.08. The third kappa shape index (κ3) is 1.73. The van der Waals surface area contributed by atoms with Crippen molar-refractivity contribution >= 4 is 5.57 Å². The molecular formula is C14H13NO2. The second-order valence-electron chi connectivity index (χ2n) is 4.15. The van der Waals surface area contributed by atoms with E-state index in [1.54, 1.807) is 25.1 Å². The van der Waals surface area contributed by atoms with E-state index in [0.29, 0.717) is 5.57 Å². The van der Waals surface area contributed by atoms with Gasteiger partial charge in [-0.25, -0.2) is 0 Å². The van der Waals surface area contributed by atoms with Crippen molar-refractivity contribution in [1.29, 1.82) is 5.26 Å². The van der Waals surface area contributed by atoms with Gasteiger partial charge >= 0.3 is 0 Å². The van der Waals surface area contributed by atoms with Gasteiger partial charge in [0.05, 0.1) is 0 Å². The van der Waals surface area contributed by atoms with Crippen LogP contribution in [0, 0.1) is 17.2 Å². The van der Waals surface area contributed by atoms with Crippen LogP contribution in [0.15, 0.2) is 48.2 Å². The van der Waals surface area contributed by atoms with Crippen LogP contribution in [-0.2, 0) is 0 Å². The van der Waals surface area contributed by atoms with Crippen molar-refractivity contribution in [3.8, 4) is 6.07 Å². The lowest BCUT2D eigenvalue weighted by molar-refractivity contribution is 0.0551. The lowest BCUT2D eigenvalue weighted by atomic mass is 9.80. The quantitative estimate of drug-likeness (QED) is 0.724. The lowest BCUT2D eigenvalue weighted by Gasteiger charge is -2.29. The molecule has 2 rings (SSSR count). The summed E-state index contributed by atoms with van der Waals surface area (Å²) in [5, 5.41) is 29.2. The van der Waals surface area contributed by atoms with Crippen molar-refractivity contribution < 1.29 is 10.2 Å². The molecule has 0 radical (unpaired) electrons. The van der Waals surface area contributed by atoms with Crippen LogP contribution in [0.4, 0.5) is 0 Å². The van der Waals surface area contributed by atoms with Crippen LogP contribution in [0.25, 0.3) is 5.57 Å². The Morgan fingerprint density at radius 3 is 2.53 bits per heavy atom. The first-order chi connectivity index (χ1) is 8.09. The highest BCUT2D eigenvalue weighted by Crippen LogP contribution is 2.35. The predicted molar refractivity (Wildman–Crippen MR) is 64.9 cm³/mol. The van der Waals surface area contributed by atoms with E-state index in [1.807, 2.05) is 30.3 Å². The van der Waals surface area contributed by atoms with Gasteiger partial charge in [0.15, 0.2) is 0 Å². The summed E-state index contributed by atoms with van der Waals surface area (Å²) in [6, 6.07) is 11.0. The van der Waals surface area contributed by atoms with E-state index in [-0.39, 0.29) is 5.76 Å². The van der Waals surface area contributed by atoms with Gasteiger partial charge in [0.2, 0.25) is 5.60 Å². The summed E-state index contributed by atoms with van der Waals surface area (Å²) < 4.78 is 0. The maximum atomic E-state index is 10.1. The zero-order valence-electron chi connectivity index (χ0n) is 9.46. The Morgan fingerprint density at radius 1 is 1.29 bits per heavy atom. The van der Waals surface area contributed by atoms with Crippen molar-refractivity contribution in [2.45, 2.75) is 12.5 Å². The molecule has 0 saturated heterocycles. The first kappa shape index (κ1) is 11.4. The van der Waals surface area contributed by atoms with Crippen molar-refractivity contribution in [3.05, 3.63) is 53.8 Å². The summed E-state index contributed by atoms with van der Waals surface area (Å²) in [6.45, 7) is 1.69. The van der Waals surface area contributed by atoms with Gasteiger partial charge in [-0.05, 0) is 5.56 Å². The number of hydrogen-bond acceptors (Lipinski definition) is 3. The van der Waals surface area contributed by atoms with E-state index < -0.39 is 11.5 Å². The van der Waals surface area contributed by atoms with Crippen molar-refractivity contribution in [2.24, 2.45) is 5.92 Å². The van der Waals surface area contributed by atoms with Crippen LogP contribution in [0.1, 0.15) is 12.5 Å². The van der Waals surface area contributed by atoms with Gasteiger partial charge < -0.3 is 10.2 Å². The third-order valence-corrected chi connectivity index (χ3v) is 3.08. The Bertz CT molecular complexity index is 525. The van der Waals surface area contributed by atoms with Crippen LogP contribution in [-0.4, -0.2) is 15.8 Å². The van der Waals surface area contributed by atoms with Crippen LogP contribution in [0.5, 0.6) is 0 Å². The number of benzene rings is 1. The molecule has 3 heteroatoms. The van der Waals surface area contributed by atoms with E-state index >= 15 is 0 Å². The highest BCUT2D eigenvalue weighted by atomic mass is 16.3. The fraction of sp³-hybridized carbons (Fsp3) is 0.214. The fourth-order valence-corrected chi connectivity index (χ4v) is 1.89. The molecule has 2 atom stereocenters. The van der Waals surface area contributed by atoms with Gasteiger partial charge in [-0.1, -0.05) is 49.4 Å². The zero-order chi connectivity index (χ0) is 12.5. The summed E-state index contributed by atoms with van der Waals surface area (Å²) in [5.41, 5.74) is -0.561. The van der Waals surface area contributed by atoms with Crippen molar-refractivity contribution in [2.75, 3.05) is 0 Å². The Kier molecular flexibility index (Phi) is 2.74. The highest BCUT2D eigenvalue weighted by Gasteiger charge is 2.41. The topological polar surface area (TPSA) is 64.2 Å². The number of nitrogens with zero attached hydrogens (tertiary/aromatic N) is 1. The summed E-state index contributed by atoms with van der Waals surface area (Å²) >= 11 is 0. The maximum absolute atomic E-state index is 10.1. The van der Waals surface area contributed by atoms with E-state index in [0.717, 1.165) is 5.56 Å². The van der Waals surface area contributed by atoms with Crippen LogP contribution in [0.3, 0.4) is 0 Å². The summed E-state index contributed by atoms with van der Waals surface area (Å²) in [5.74, 6) is -0.707. The third-order valence-electron chi connectivity index (χ3n) is 3.08. The molecule has 0 aliphatic heterocycles. The Balaban J connectivity index is 2.56. The van der Waals surface area contributed by atoms with Gasteiger partial charge in [-0.3, -0.25) is 0 Å². The van der Waals surface area contributed by atoms with Crippen LogP contribution in [0.2, 0.25) is 0 Å². The highest BCUT2D eigenvalue weighted by molar-refractivity contribution is 5.78. The molecule has 1 aliphatic carbocycles. The smallest absolute Gasteiger partial charge is 0.215 e. The molecule has 3 nitrogen and oxygen atoms in total. The monoisotopic (exact) mass is 227 g/mol. The molecule has 0 saturated carbocycles. The predicted octanol–water partition coefficient (Wildman–Crippen LogP) is 2.42. The molecule has 86 valence electrons. The molecule has 0 heterocycles. The Morgan fingerprint density at radius 2 is 1.94 bits per heavy atom. The van der Waals surface area contributed by atoms with E-state index in [9.17, 15) is 10.2 Å². The number of hydrogen-bond donors (Lipinski definition) is 2. The molecule has 1 aromatic carbocycles. The van der Waals surface area contributed by atoms with Gasteiger partial charge in [-0.2, -0.15) is 5.26 Å². The molecule has 0 unspecified atom stereocenters. The average molecular weight is 227 g/mol. The number of aliphatic hydroxyl groups excluding tert-OH is 1. The summed E-state index contributed by atoms with van der Waals surface area (Å²) in [6.07, 6.45) is 3.46. The fourth-order valence-electron chi connectivity index (χ4n) is 1.89. The minimum absolute atomic E-state index is 0.277. The number of nitriles is 1. The largest absolute Gasteiger partial charge is 0.507 e. The lowest BCUT2D eigenvalue weighted by Crippen LogP contribution is -2.38. The second-order valence-corrected chi connectivity index (χ2v) is 4.15. The maximum Gasteiger partial charge on any atom is 0.215 e. The molecule has 17 heavy (non-hydrogen) atoms. The minimum atomic E-state index is -1.83. The van der Waals surface area contributed by atoms with Crippen molar-refractivity contribution in [1.82, 2.24) is 0 Å². The molecule has 0 aromatic heterocycles. The average Bonchev–Trinajstić information content (AvgIpc) is 2.37. The molecule has 2 N–H and O–H groups in total. The van der Waals surface area contributed by atoms with Crippen molar-refractivity contribution in [3.63, 3.8) is 0 Å². The van der Waals surface area contributed by atoms with E-state index in [2.05, 4.69) is 0 Å². The SMILES string of the molecule is C[C@@H]1C=CC(c2ccccc2)=C(O)[C@]1(O)C#N. The first-order valence-electron chi connectivity index (χ1n) is 5.40.